The maximum atomic E-state index is 6.31. The van der Waals surface area contributed by atoms with Crippen LogP contribution >= 0.6 is 11.6 Å². The average Bonchev–Trinajstić information content (AvgIpc) is 2.26. The van der Waals surface area contributed by atoms with Crippen molar-refractivity contribution in [1.29, 1.82) is 0 Å². The number of benzene rings is 1. The summed E-state index contributed by atoms with van der Waals surface area (Å²) in [6.45, 7) is 6.22. The fraction of sp³-hybridized carbons (Fsp3) is 0.538. The van der Waals surface area contributed by atoms with Gasteiger partial charge >= 0.3 is 0 Å². The molecule has 0 fully saturated rings. The van der Waals surface area contributed by atoms with Crippen molar-refractivity contribution in [2.75, 3.05) is 14.2 Å². The van der Waals surface area contributed by atoms with E-state index in [0.29, 0.717) is 16.5 Å². The molecule has 1 atom stereocenters. The molecule has 96 valence electrons. The lowest BCUT2D eigenvalue weighted by molar-refractivity contribution is 0.322. The number of methoxy groups -OCH3 is 2. The van der Waals surface area contributed by atoms with Crippen LogP contribution in [0.2, 0.25) is 5.02 Å². The molecule has 0 aromatic heterocycles. The van der Waals surface area contributed by atoms with E-state index in [2.05, 4.69) is 20.8 Å². The number of ether oxygens (including phenoxy) is 2. The first-order valence-corrected chi connectivity index (χ1v) is 5.86. The van der Waals surface area contributed by atoms with Gasteiger partial charge in [-0.15, -0.1) is 0 Å². The third-order valence-electron chi connectivity index (χ3n) is 2.78. The molecule has 0 unspecified atom stereocenters. The average molecular weight is 258 g/mol. The van der Waals surface area contributed by atoms with E-state index in [0.717, 1.165) is 5.56 Å². The summed E-state index contributed by atoms with van der Waals surface area (Å²) in [4.78, 5) is 0. The highest BCUT2D eigenvalue weighted by molar-refractivity contribution is 6.33. The monoisotopic (exact) mass is 257 g/mol. The van der Waals surface area contributed by atoms with Gasteiger partial charge in [-0.3, -0.25) is 0 Å². The molecule has 0 amide bonds. The summed E-state index contributed by atoms with van der Waals surface area (Å²) in [6.07, 6.45) is 0. The third-order valence-corrected chi connectivity index (χ3v) is 3.17. The molecule has 0 aliphatic rings. The van der Waals surface area contributed by atoms with E-state index in [1.807, 2.05) is 12.1 Å². The third kappa shape index (κ3) is 2.85. The van der Waals surface area contributed by atoms with Gasteiger partial charge < -0.3 is 15.2 Å². The zero-order chi connectivity index (χ0) is 13.2. The molecule has 0 heterocycles. The van der Waals surface area contributed by atoms with E-state index in [1.165, 1.54) is 0 Å². The van der Waals surface area contributed by atoms with Gasteiger partial charge in [-0.2, -0.15) is 0 Å². The number of hydrogen-bond acceptors (Lipinski definition) is 3. The Morgan fingerprint density at radius 2 is 1.76 bits per heavy atom. The van der Waals surface area contributed by atoms with E-state index in [9.17, 15) is 0 Å². The topological polar surface area (TPSA) is 44.5 Å². The van der Waals surface area contributed by atoms with E-state index >= 15 is 0 Å². The minimum atomic E-state index is -0.158. The highest BCUT2D eigenvalue weighted by Gasteiger charge is 2.26. The Morgan fingerprint density at radius 3 is 2.18 bits per heavy atom. The van der Waals surface area contributed by atoms with Crippen LogP contribution in [0.25, 0.3) is 0 Å². The van der Waals surface area contributed by atoms with Crippen LogP contribution in [0.3, 0.4) is 0 Å². The van der Waals surface area contributed by atoms with Crippen molar-refractivity contribution < 1.29 is 9.47 Å². The van der Waals surface area contributed by atoms with Gasteiger partial charge in [0.2, 0.25) is 0 Å². The Kier molecular flexibility index (Phi) is 4.28. The first-order chi connectivity index (χ1) is 7.82. The summed E-state index contributed by atoms with van der Waals surface area (Å²) in [6, 6.07) is 3.56. The SMILES string of the molecule is COc1ccc([C@@H](N)C(C)(C)C)c(Cl)c1OC. The summed E-state index contributed by atoms with van der Waals surface area (Å²) < 4.78 is 10.4. The number of nitrogens with two attached hydrogens (primary N) is 1. The Labute approximate surface area is 108 Å². The lowest BCUT2D eigenvalue weighted by Gasteiger charge is -2.28. The zero-order valence-corrected chi connectivity index (χ0v) is 11.8. The molecule has 1 aromatic rings. The first kappa shape index (κ1) is 14.1. The van der Waals surface area contributed by atoms with Crippen LogP contribution in [0.15, 0.2) is 12.1 Å². The standard InChI is InChI=1S/C13H20ClNO2/c1-13(2,3)12(15)8-6-7-9(16-4)11(17-5)10(8)14/h6-7,12H,15H2,1-5H3/t12-/m1/s1. The van der Waals surface area contributed by atoms with Crippen LogP contribution < -0.4 is 15.2 Å². The molecule has 4 heteroatoms. The molecule has 3 nitrogen and oxygen atoms in total. The lowest BCUT2D eigenvalue weighted by Crippen LogP contribution is -2.26. The van der Waals surface area contributed by atoms with Crippen molar-refractivity contribution in [2.24, 2.45) is 11.1 Å². The van der Waals surface area contributed by atoms with Crippen molar-refractivity contribution in [2.45, 2.75) is 26.8 Å². The van der Waals surface area contributed by atoms with Crippen LogP contribution in [0.1, 0.15) is 32.4 Å². The van der Waals surface area contributed by atoms with Crippen molar-refractivity contribution in [3.63, 3.8) is 0 Å². The molecular weight excluding hydrogens is 238 g/mol. The molecule has 0 bridgehead atoms. The maximum absolute atomic E-state index is 6.31. The van der Waals surface area contributed by atoms with E-state index < -0.39 is 0 Å². The number of hydrogen-bond donors (Lipinski definition) is 1. The second-order valence-corrected chi connectivity index (χ2v) is 5.43. The maximum Gasteiger partial charge on any atom is 0.179 e. The second kappa shape index (κ2) is 5.15. The van der Waals surface area contributed by atoms with E-state index in [-0.39, 0.29) is 11.5 Å². The quantitative estimate of drug-likeness (QED) is 0.903. The van der Waals surface area contributed by atoms with Gasteiger partial charge in [-0.05, 0) is 17.0 Å². The van der Waals surface area contributed by atoms with Crippen LogP contribution in [0.5, 0.6) is 11.5 Å². The van der Waals surface area contributed by atoms with Gasteiger partial charge in [-0.25, -0.2) is 0 Å². The van der Waals surface area contributed by atoms with Gasteiger partial charge in [0.05, 0.1) is 19.2 Å². The lowest BCUT2D eigenvalue weighted by atomic mass is 9.83. The van der Waals surface area contributed by atoms with Crippen LogP contribution in [0.4, 0.5) is 0 Å². The molecular formula is C13H20ClNO2. The summed E-state index contributed by atoms with van der Waals surface area (Å²) in [7, 11) is 3.15. The minimum Gasteiger partial charge on any atom is -0.493 e. The Hall–Kier alpha value is -0.930. The van der Waals surface area contributed by atoms with Gasteiger partial charge in [-0.1, -0.05) is 38.4 Å². The second-order valence-electron chi connectivity index (χ2n) is 5.05. The molecule has 0 spiro atoms. The van der Waals surface area contributed by atoms with E-state index in [4.69, 9.17) is 26.8 Å². The van der Waals surface area contributed by atoms with Crippen LogP contribution in [-0.2, 0) is 0 Å². The predicted molar refractivity (Wildman–Crippen MR) is 70.9 cm³/mol. The predicted octanol–water partition coefficient (Wildman–Crippen LogP) is 3.40. The van der Waals surface area contributed by atoms with Gasteiger partial charge in [0.1, 0.15) is 0 Å². The summed E-state index contributed by atoms with van der Waals surface area (Å²) in [5, 5.41) is 0.522. The van der Waals surface area contributed by atoms with Gasteiger partial charge in [0.25, 0.3) is 0 Å². The van der Waals surface area contributed by atoms with Crippen LogP contribution in [-0.4, -0.2) is 14.2 Å². The number of rotatable bonds is 3. The van der Waals surface area contributed by atoms with Gasteiger partial charge in [0.15, 0.2) is 11.5 Å². The highest BCUT2D eigenvalue weighted by atomic mass is 35.5. The van der Waals surface area contributed by atoms with Crippen molar-refractivity contribution in [1.82, 2.24) is 0 Å². The minimum absolute atomic E-state index is 0.0662. The Balaban J connectivity index is 3.29. The molecule has 0 aliphatic carbocycles. The molecule has 2 N–H and O–H groups in total. The van der Waals surface area contributed by atoms with Crippen molar-refractivity contribution in [3.8, 4) is 11.5 Å². The fourth-order valence-electron chi connectivity index (χ4n) is 1.61. The Bertz CT molecular complexity index is 399. The normalized spacial score (nSPS) is 13.4. The zero-order valence-electron chi connectivity index (χ0n) is 11.0. The molecule has 0 aliphatic heterocycles. The molecule has 0 saturated heterocycles. The summed E-state index contributed by atoms with van der Waals surface area (Å²) in [5.41, 5.74) is 7.01. The molecule has 0 radical (unpaired) electrons. The van der Waals surface area contributed by atoms with Crippen LogP contribution in [0, 0.1) is 5.41 Å². The molecule has 0 saturated carbocycles. The number of halogens is 1. The van der Waals surface area contributed by atoms with Gasteiger partial charge in [0, 0.05) is 6.04 Å². The molecule has 1 aromatic carbocycles. The summed E-state index contributed by atoms with van der Waals surface area (Å²) in [5.74, 6) is 1.15. The summed E-state index contributed by atoms with van der Waals surface area (Å²) >= 11 is 6.31. The largest absolute Gasteiger partial charge is 0.493 e. The molecule has 1 rings (SSSR count). The highest BCUT2D eigenvalue weighted by Crippen LogP contribution is 2.42. The fourth-order valence-corrected chi connectivity index (χ4v) is 1.96. The molecule has 17 heavy (non-hydrogen) atoms. The van der Waals surface area contributed by atoms with E-state index in [1.54, 1.807) is 14.2 Å². The first-order valence-electron chi connectivity index (χ1n) is 5.49. The van der Waals surface area contributed by atoms with Crippen molar-refractivity contribution >= 4 is 11.6 Å². The Morgan fingerprint density at radius 1 is 1.18 bits per heavy atom. The smallest absolute Gasteiger partial charge is 0.179 e. The van der Waals surface area contributed by atoms with Crippen molar-refractivity contribution in [3.05, 3.63) is 22.7 Å².